The highest BCUT2D eigenvalue weighted by molar-refractivity contribution is 6.19. The van der Waals surface area contributed by atoms with Crippen molar-refractivity contribution in [3.05, 3.63) is 46.7 Å². The summed E-state index contributed by atoms with van der Waals surface area (Å²) in [7, 11) is 0. The number of nitrogens with one attached hydrogen (secondary N) is 1. The average Bonchev–Trinajstić information content (AvgIpc) is 3.20. The third kappa shape index (κ3) is 3.06. The van der Waals surface area contributed by atoms with E-state index in [1.54, 1.807) is 13.3 Å². The maximum absolute atomic E-state index is 12.9. The zero-order valence-corrected chi connectivity index (χ0v) is 15.2. The Balaban J connectivity index is 1.65. The van der Waals surface area contributed by atoms with Crippen molar-refractivity contribution in [3.63, 3.8) is 0 Å². The standard InChI is InChI=1S/C19H17F3N4O2/c1-3-12-8-26-9-23-18-15(16(26)24-12)14(10(2)28-18)17(27)25-13-6-4-11(5-7-13)19(20,21)22/h4-7,9,12H,3,8H2,1-2H3,(H,25,27). The molecule has 2 aliphatic heterocycles. The summed E-state index contributed by atoms with van der Waals surface area (Å²) in [6.45, 7) is 4.36. The Bertz CT molecular complexity index is 990. The number of nitrogens with zero attached hydrogens (tertiary/aromatic N) is 3. The van der Waals surface area contributed by atoms with E-state index in [4.69, 9.17) is 4.42 Å². The first-order chi connectivity index (χ1) is 13.3. The summed E-state index contributed by atoms with van der Waals surface area (Å²) in [5.41, 5.74) is 0.272. The molecule has 1 amide bonds. The lowest BCUT2D eigenvalue weighted by Gasteiger charge is -2.18. The molecule has 0 bridgehead atoms. The highest BCUT2D eigenvalue weighted by Gasteiger charge is 2.36. The first kappa shape index (κ1) is 18.3. The van der Waals surface area contributed by atoms with Crippen molar-refractivity contribution in [2.24, 2.45) is 9.98 Å². The first-order valence-electron chi connectivity index (χ1n) is 8.79. The number of hydrogen-bond acceptors (Lipinski definition) is 5. The number of alkyl halides is 3. The minimum absolute atomic E-state index is 0.105. The number of hydrogen-bond donors (Lipinski definition) is 1. The SMILES string of the molecule is CCC1CN2C=Nc3oc(C)c(C(=O)Nc4ccc(C(F)(F)F)cc4)c3C2=N1. The second kappa shape index (κ2) is 6.50. The van der Waals surface area contributed by atoms with Crippen molar-refractivity contribution < 1.29 is 22.4 Å². The number of furan rings is 1. The molecular weight excluding hydrogens is 373 g/mol. The molecule has 0 saturated carbocycles. The molecule has 1 aromatic carbocycles. The molecule has 1 N–H and O–H groups in total. The van der Waals surface area contributed by atoms with Crippen LogP contribution in [0.2, 0.25) is 0 Å². The van der Waals surface area contributed by atoms with Crippen molar-refractivity contribution in [2.75, 3.05) is 11.9 Å². The Morgan fingerprint density at radius 2 is 2.04 bits per heavy atom. The van der Waals surface area contributed by atoms with Crippen LogP contribution < -0.4 is 5.32 Å². The molecular formula is C19H17F3N4O2. The predicted molar refractivity (Wildman–Crippen MR) is 98.3 cm³/mol. The molecule has 6 nitrogen and oxygen atoms in total. The number of aliphatic imine (C=N–C) groups is 2. The Kier molecular flexibility index (Phi) is 4.24. The summed E-state index contributed by atoms with van der Waals surface area (Å²) in [5, 5.41) is 2.63. The smallest absolute Gasteiger partial charge is 0.416 e. The normalized spacial score (nSPS) is 18.0. The van der Waals surface area contributed by atoms with Crippen LogP contribution in [-0.2, 0) is 6.18 Å². The van der Waals surface area contributed by atoms with Gasteiger partial charge in [-0.3, -0.25) is 9.79 Å². The second-order valence-corrected chi connectivity index (χ2v) is 6.65. The molecule has 28 heavy (non-hydrogen) atoms. The van der Waals surface area contributed by atoms with Crippen molar-refractivity contribution in [3.8, 4) is 0 Å². The zero-order chi connectivity index (χ0) is 20.1. The topological polar surface area (TPSA) is 70.2 Å². The van der Waals surface area contributed by atoms with Crippen molar-refractivity contribution in [1.29, 1.82) is 0 Å². The Morgan fingerprint density at radius 3 is 2.68 bits per heavy atom. The first-order valence-corrected chi connectivity index (χ1v) is 8.79. The van der Waals surface area contributed by atoms with Crippen LogP contribution in [0.3, 0.4) is 0 Å². The monoisotopic (exact) mass is 390 g/mol. The van der Waals surface area contributed by atoms with Crippen molar-refractivity contribution in [2.45, 2.75) is 32.5 Å². The van der Waals surface area contributed by atoms with Crippen LogP contribution in [0.4, 0.5) is 24.7 Å². The minimum Gasteiger partial charge on any atom is -0.442 e. The van der Waals surface area contributed by atoms with Crippen LogP contribution in [0.5, 0.6) is 0 Å². The van der Waals surface area contributed by atoms with Crippen LogP contribution in [-0.4, -0.2) is 35.6 Å². The van der Waals surface area contributed by atoms with E-state index in [-0.39, 0.29) is 17.3 Å². The molecule has 3 heterocycles. The van der Waals surface area contributed by atoms with Gasteiger partial charge in [-0.2, -0.15) is 13.2 Å². The Morgan fingerprint density at radius 1 is 1.32 bits per heavy atom. The fourth-order valence-corrected chi connectivity index (χ4v) is 3.29. The lowest BCUT2D eigenvalue weighted by molar-refractivity contribution is -0.137. The van der Waals surface area contributed by atoms with Gasteiger partial charge in [0.2, 0.25) is 5.88 Å². The van der Waals surface area contributed by atoms with Crippen molar-refractivity contribution >= 4 is 29.7 Å². The van der Waals surface area contributed by atoms with E-state index in [0.717, 1.165) is 18.6 Å². The number of rotatable bonds is 3. The summed E-state index contributed by atoms with van der Waals surface area (Å²) >= 11 is 0. The summed E-state index contributed by atoms with van der Waals surface area (Å²) in [6, 6.07) is 4.38. The third-order valence-electron chi connectivity index (χ3n) is 4.76. The number of fused-ring (bicyclic) bond motifs is 3. The Hall–Kier alpha value is -3.10. The molecule has 0 spiro atoms. The van der Waals surface area contributed by atoms with Gasteiger partial charge >= 0.3 is 6.18 Å². The van der Waals surface area contributed by atoms with E-state index in [2.05, 4.69) is 15.3 Å². The van der Waals surface area contributed by atoms with Gasteiger partial charge in [0.25, 0.3) is 5.91 Å². The van der Waals surface area contributed by atoms with Crippen LogP contribution in [0.15, 0.2) is 38.7 Å². The van der Waals surface area contributed by atoms with E-state index in [0.29, 0.717) is 29.6 Å². The predicted octanol–water partition coefficient (Wildman–Crippen LogP) is 4.37. The number of amides is 1. The molecule has 1 unspecified atom stereocenters. The molecule has 146 valence electrons. The third-order valence-corrected chi connectivity index (χ3v) is 4.76. The minimum atomic E-state index is -4.43. The van der Waals surface area contributed by atoms with Crippen LogP contribution >= 0.6 is 0 Å². The molecule has 0 saturated heterocycles. The maximum atomic E-state index is 12.9. The number of anilines is 1. The molecule has 0 fully saturated rings. The van der Waals surface area contributed by atoms with Gasteiger partial charge in [-0.05, 0) is 37.6 Å². The van der Waals surface area contributed by atoms with Gasteiger partial charge in [-0.1, -0.05) is 6.92 Å². The molecule has 4 rings (SSSR count). The number of aryl methyl sites for hydroxylation is 1. The molecule has 0 aliphatic carbocycles. The Labute approximate surface area is 158 Å². The zero-order valence-electron chi connectivity index (χ0n) is 15.2. The fourth-order valence-electron chi connectivity index (χ4n) is 3.29. The number of amidine groups is 1. The molecule has 2 aliphatic rings. The number of carbonyl (C=O) groups is 1. The van der Waals surface area contributed by atoms with Crippen LogP contribution in [0.25, 0.3) is 0 Å². The van der Waals surface area contributed by atoms with E-state index < -0.39 is 17.6 Å². The summed E-state index contributed by atoms with van der Waals surface area (Å²) < 4.78 is 43.7. The van der Waals surface area contributed by atoms with Gasteiger partial charge in [-0.15, -0.1) is 0 Å². The number of benzene rings is 1. The highest BCUT2D eigenvalue weighted by Crippen LogP contribution is 2.36. The van der Waals surface area contributed by atoms with Gasteiger partial charge in [0.15, 0.2) is 0 Å². The molecule has 1 aromatic heterocycles. The summed E-state index contributed by atoms with van der Waals surface area (Å²) in [4.78, 5) is 23.7. The summed E-state index contributed by atoms with van der Waals surface area (Å²) in [5.74, 6) is 0.825. The molecule has 1 atom stereocenters. The lowest BCUT2D eigenvalue weighted by Crippen LogP contribution is -2.31. The summed E-state index contributed by atoms with van der Waals surface area (Å²) in [6.07, 6.45) is -1.94. The average molecular weight is 390 g/mol. The van der Waals surface area contributed by atoms with E-state index in [9.17, 15) is 18.0 Å². The van der Waals surface area contributed by atoms with Gasteiger partial charge in [-0.25, -0.2) is 4.99 Å². The number of carbonyl (C=O) groups excluding carboxylic acids is 1. The molecule has 2 aromatic rings. The van der Waals surface area contributed by atoms with Crippen LogP contribution in [0, 0.1) is 6.92 Å². The molecule has 0 radical (unpaired) electrons. The maximum Gasteiger partial charge on any atom is 0.416 e. The van der Waals surface area contributed by atoms with E-state index >= 15 is 0 Å². The second-order valence-electron chi connectivity index (χ2n) is 6.65. The molecule has 9 heteroatoms. The number of halogens is 3. The van der Waals surface area contributed by atoms with Gasteiger partial charge in [0.05, 0.1) is 22.7 Å². The highest BCUT2D eigenvalue weighted by atomic mass is 19.4. The fraction of sp³-hybridized carbons (Fsp3) is 0.316. The largest absolute Gasteiger partial charge is 0.442 e. The van der Waals surface area contributed by atoms with Gasteiger partial charge in [0, 0.05) is 12.2 Å². The van der Waals surface area contributed by atoms with E-state index in [1.165, 1.54) is 12.1 Å². The van der Waals surface area contributed by atoms with Gasteiger partial charge < -0.3 is 14.6 Å². The van der Waals surface area contributed by atoms with Crippen molar-refractivity contribution in [1.82, 2.24) is 4.90 Å². The van der Waals surface area contributed by atoms with Crippen LogP contribution in [0.1, 0.15) is 40.6 Å². The lowest BCUT2D eigenvalue weighted by atomic mass is 10.1. The van der Waals surface area contributed by atoms with E-state index in [1.807, 2.05) is 11.8 Å². The van der Waals surface area contributed by atoms with Gasteiger partial charge in [0.1, 0.15) is 17.9 Å². The quantitative estimate of drug-likeness (QED) is 0.846.